The average Bonchev–Trinajstić information content (AvgIpc) is 3.32. The molecule has 2 atom stereocenters. The van der Waals surface area contributed by atoms with Gasteiger partial charge in [0.05, 0.1) is 12.1 Å². The van der Waals surface area contributed by atoms with Crippen molar-refractivity contribution in [2.24, 2.45) is 17.8 Å². The van der Waals surface area contributed by atoms with Crippen molar-refractivity contribution < 1.29 is 33.0 Å². The van der Waals surface area contributed by atoms with Gasteiger partial charge in [-0.2, -0.15) is 23.3 Å². The molecule has 13 heteroatoms. The zero-order valence-electron chi connectivity index (χ0n) is 19.3. The summed E-state index contributed by atoms with van der Waals surface area (Å²) in [5, 5.41) is 26.8. The van der Waals surface area contributed by atoms with Gasteiger partial charge in [0.15, 0.2) is 0 Å². The van der Waals surface area contributed by atoms with Crippen LogP contribution in [0, 0.1) is 24.7 Å². The van der Waals surface area contributed by atoms with E-state index in [-0.39, 0.29) is 5.92 Å². The van der Waals surface area contributed by atoms with Gasteiger partial charge in [0, 0.05) is 30.9 Å². The summed E-state index contributed by atoms with van der Waals surface area (Å²) in [6.45, 7) is 3.23. The molecule has 1 saturated carbocycles. The summed E-state index contributed by atoms with van der Waals surface area (Å²) in [6, 6.07) is 3.71. The fourth-order valence-electron chi connectivity index (χ4n) is 4.65. The number of hydrogen-bond donors (Lipinski definition) is 4. The van der Waals surface area contributed by atoms with Crippen LogP contribution in [0.25, 0.3) is 0 Å². The van der Waals surface area contributed by atoms with E-state index < -0.39 is 18.1 Å². The summed E-state index contributed by atoms with van der Waals surface area (Å²) in [4.78, 5) is 32.1. The van der Waals surface area contributed by atoms with Crippen LogP contribution in [0.3, 0.4) is 0 Å². The second-order valence-electron chi connectivity index (χ2n) is 8.93. The zero-order valence-corrected chi connectivity index (χ0v) is 19.3. The molecule has 10 nitrogen and oxygen atoms in total. The van der Waals surface area contributed by atoms with Gasteiger partial charge in [0.2, 0.25) is 5.95 Å². The number of H-pyrrole nitrogens is 1. The van der Waals surface area contributed by atoms with Gasteiger partial charge in [0.1, 0.15) is 11.6 Å². The summed E-state index contributed by atoms with van der Waals surface area (Å²) in [5.74, 6) is -0.789. The minimum Gasteiger partial charge on any atom is -0.481 e. The summed E-state index contributed by atoms with van der Waals surface area (Å²) < 4.78 is 31.7. The predicted octanol–water partition coefficient (Wildman–Crippen LogP) is 3.99. The lowest BCUT2D eigenvalue weighted by Crippen LogP contribution is -2.46. The smallest absolute Gasteiger partial charge is 0.481 e. The van der Waals surface area contributed by atoms with E-state index >= 15 is 0 Å². The van der Waals surface area contributed by atoms with E-state index in [1.807, 2.05) is 19.1 Å². The molecule has 0 radical (unpaired) electrons. The number of carboxylic acid groups (broad SMARTS) is 2. The number of halogens is 3. The third-order valence-electron chi connectivity index (χ3n) is 6.28. The largest absolute Gasteiger partial charge is 0.490 e. The van der Waals surface area contributed by atoms with Crippen LogP contribution in [0.4, 0.5) is 30.8 Å². The highest BCUT2D eigenvalue weighted by atomic mass is 19.4. The summed E-state index contributed by atoms with van der Waals surface area (Å²) in [5.41, 5.74) is 0.846. The van der Waals surface area contributed by atoms with Gasteiger partial charge >= 0.3 is 18.1 Å². The molecule has 1 saturated heterocycles. The van der Waals surface area contributed by atoms with Crippen molar-refractivity contribution in [2.75, 3.05) is 23.3 Å². The molecule has 0 amide bonds. The molecule has 35 heavy (non-hydrogen) atoms. The number of nitrogens with one attached hydrogen (secondary N) is 2. The fraction of sp³-hybridized carbons (Fsp3) is 0.591. The summed E-state index contributed by atoms with van der Waals surface area (Å²) in [6.07, 6.45) is 3.61. The number of rotatable bonds is 5. The van der Waals surface area contributed by atoms with Gasteiger partial charge < -0.3 is 20.4 Å². The quantitative estimate of drug-likeness (QED) is 0.481. The predicted molar refractivity (Wildman–Crippen MR) is 120 cm³/mol. The van der Waals surface area contributed by atoms with Crippen molar-refractivity contribution in [3.8, 4) is 0 Å². The Morgan fingerprint density at radius 2 is 1.80 bits per heavy atom. The first-order valence-corrected chi connectivity index (χ1v) is 11.4. The summed E-state index contributed by atoms with van der Waals surface area (Å²) >= 11 is 0. The van der Waals surface area contributed by atoms with Crippen molar-refractivity contribution in [1.29, 1.82) is 0 Å². The van der Waals surface area contributed by atoms with Crippen molar-refractivity contribution in [3.63, 3.8) is 0 Å². The Bertz CT molecular complexity index is 996. The number of hydrogen-bond acceptors (Lipinski definition) is 7. The van der Waals surface area contributed by atoms with E-state index in [9.17, 15) is 23.1 Å². The Kier molecular flexibility index (Phi) is 8.52. The van der Waals surface area contributed by atoms with Crippen molar-refractivity contribution in [2.45, 2.75) is 51.6 Å². The van der Waals surface area contributed by atoms with Crippen LogP contribution >= 0.6 is 0 Å². The maximum Gasteiger partial charge on any atom is 0.490 e. The third-order valence-corrected chi connectivity index (χ3v) is 6.28. The molecule has 0 aromatic carbocycles. The summed E-state index contributed by atoms with van der Waals surface area (Å²) in [7, 11) is 0. The van der Waals surface area contributed by atoms with Gasteiger partial charge in [-0.1, -0.05) is 32.1 Å². The van der Waals surface area contributed by atoms with Gasteiger partial charge in [-0.25, -0.2) is 9.78 Å². The van der Waals surface area contributed by atoms with E-state index in [0.717, 1.165) is 24.5 Å². The highest BCUT2D eigenvalue weighted by molar-refractivity contribution is 5.73. The normalized spacial score (nSPS) is 21.1. The molecular weight excluding hydrogens is 469 g/mol. The first kappa shape index (κ1) is 26.2. The Labute approximate surface area is 200 Å². The molecule has 1 aliphatic heterocycles. The minimum absolute atomic E-state index is 0.367. The minimum atomic E-state index is -5.08. The number of anilines is 3. The van der Waals surface area contributed by atoms with E-state index in [1.165, 1.54) is 32.1 Å². The number of nitrogens with zero attached hydrogens (tertiary/aromatic N) is 4. The molecule has 192 valence electrons. The zero-order chi connectivity index (χ0) is 25.6. The second kappa shape index (κ2) is 11.4. The SMILES string of the molecule is Cc1cc(Nc2ccn[nH]2)nc(N2C[C@H](C(=O)O)C[C@H](C3CCCCC3)C2)n1.O=C(O)C(F)(F)F. The number of aromatic nitrogens is 4. The molecule has 4 N–H and O–H groups in total. The standard InChI is InChI=1S/C20H28N6O2.C2HF3O2/c1-13-9-18(23-17-7-8-21-25-17)24-20(22-13)26-11-15(10-16(12-26)19(27)28)14-5-3-2-4-6-14;3-2(4,5)1(6)7/h7-9,14-16H,2-6,10-12H2,1H3,(H,27,28)(H2,21,22,23,24,25);(H,6,7)/t15-,16+;/m0./s1. The average molecular weight is 499 g/mol. The Hall–Kier alpha value is -3.38. The van der Waals surface area contributed by atoms with Crippen LogP contribution in [0.15, 0.2) is 18.3 Å². The van der Waals surface area contributed by atoms with E-state index in [2.05, 4.69) is 30.4 Å². The molecule has 3 heterocycles. The number of aryl methyl sites for hydroxylation is 1. The van der Waals surface area contributed by atoms with Crippen LogP contribution in [0.1, 0.15) is 44.2 Å². The molecule has 2 fully saturated rings. The van der Waals surface area contributed by atoms with Gasteiger partial charge in [-0.3, -0.25) is 9.89 Å². The van der Waals surface area contributed by atoms with E-state index in [4.69, 9.17) is 9.90 Å². The van der Waals surface area contributed by atoms with E-state index in [0.29, 0.717) is 30.1 Å². The number of carboxylic acids is 2. The molecular formula is C22H29F3N6O4. The van der Waals surface area contributed by atoms with Crippen LogP contribution in [0.2, 0.25) is 0 Å². The molecule has 2 aromatic rings. The highest BCUT2D eigenvalue weighted by Crippen LogP contribution is 2.37. The lowest BCUT2D eigenvalue weighted by molar-refractivity contribution is -0.192. The maximum atomic E-state index is 11.8. The lowest BCUT2D eigenvalue weighted by Gasteiger charge is -2.41. The Morgan fingerprint density at radius 3 is 2.37 bits per heavy atom. The molecule has 0 spiro atoms. The van der Waals surface area contributed by atoms with Crippen molar-refractivity contribution in [3.05, 3.63) is 24.0 Å². The number of carbonyl (C=O) groups is 2. The molecule has 0 unspecified atom stereocenters. The van der Waals surface area contributed by atoms with E-state index in [1.54, 1.807) is 6.20 Å². The Morgan fingerprint density at radius 1 is 1.11 bits per heavy atom. The lowest BCUT2D eigenvalue weighted by atomic mass is 9.74. The number of aliphatic carboxylic acids is 2. The fourth-order valence-corrected chi connectivity index (χ4v) is 4.65. The van der Waals surface area contributed by atoms with Crippen LogP contribution in [-0.4, -0.2) is 61.6 Å². The van der Waals surface area contributed by atoms with Gasteiger partial charge in [-0.05, 0) is 25.2 Å². The topological polar surface area (TPSA) is 144 Å². The third kappa shape index (κ3) is 7.55. The molecule has 4 rings (SSSR count). The number of piperidine rings is 1. The van der Waals surface area contributed by atoms with Gasteiger partial charge in [-0.15, -0.1) is 0 Å². The van der Waals surface area contributed by atoms with Crippen LogP contribution < -0.4 is 10.2 Å². The first-order chi connectivity index (χ1) is 16.5. The monoisotopic (exact) mass is 498 g/mol. The van der Waals surface area contributed by atoms with Crippen molar-refractivity contribution in [1.82, 2.24) is 20.2 Å². The molecule has 2 aliphatic rings. The molecule has 2 aromatic heterocycles. The van der Waals surface area contributed by atoms with Crippen LogP contribution in [-0.2, 0) is 9.59 Å². The molecule has 1 aliphatic carbocycles. The van der Waals surface area contributed by atoms with Gasteiger partial charge in [0.25, 0.3) is 0 Å². The number of alkyl halides is 3. The maximum absolute atomic E-state index is 11.8. The first-order valence-electron chi connectivity index (χ1n) is 11.4. The number of aromatic amines is 1. The molecule has 0 bridgehead atoms. The second-order valence-corrected chi connectivity index (χ2v) is 8.93. The van der Waals surface area contributed by atoms with Crippen LogP contribution in [0.5, 0.6) is 0 Å². The van der Waals surface area contributed by atoms with Crippen molar-refractivity contribution >= 4 is 29.5 Å². The Balaban J connectivity index is 0.000000429. The highest BCUT2D eigenvalue weighted by Gasteiger charge is 2.38.